The molecule has 0 radical (unpaired) electrons. The second kappa shape index (κ2) is 7.43. The zero-order valence-corrected chi connectivity index (χ0v) is 14.3. The van der Waals surface area contributed by atoms with E-state index in [0.29, 0.717) is 23.0 Å². The molecule has 25 heavy (non-hydrogen) atoms. The van der Waals surface area contributed by atoms with Gasteiger partial charge in [-0.15, -0.1) is 0 Å². The Morgan fingerprint density at radius 3 is 2.72 bits per heavy atom. The maximum Gasteiger partial charge on any atom is 0.337 e. The molecule has 0 bridgehead atoms. The number of carbonyl (C=O) groups excluding carboxylic acids is 2. The minimum absolute atomic E-state index is 0.306. The van der Waals surface area contributed by atoms with Gasteiger partial charge in [-0.1, -0.05) is 6.07 Å². The van der Waals surface area contributed by atoms with Crippen LogP contribution in [-0.2, 0) is 11.8 Å². The maximum absolute atomic E-state index is 12.5. The highest BCUT2D eigenvalue weighted by Gasteiger charge is 2.21. The number of ether oxygens (including phenoxy) is 1. The number of anilines is 1. The molecule has 1 fully saturated rings. The van der Waals surface area contributed by atoms with E-state index in [1.54, 1.807) is 29.9 Å². The molecule has 2 N–H and O–H groups in total. The molecule has 1 aliphatic heterocycles. The monoisotopic (exact) mass is 343 g/mol. The zero-order valence-electron chi connectivity index (χ0n) is 14.3. The van der Waals surface area contributed by atoms with Crippen molar-refractivity contribution in [3.05, 3.63) is 41.2 Å². The Bertz CT molecular complexity index is 780. The highest BCUT2D eigenvalue weighted by atomic mass is 16.5. The second-order valence-electron chi connectivity index (χ2n) is 5.97. The van der Waals surface area contributed by atoms with E-state index < -0.39 is 5.97 Å². The van der Waals surface area contributed by atoms with Gasteiger partial charge in [0.15, 0.2) is 5.82 Å². The SMILES string of the molecule is COC(=O)c1cccc(C(=O)Nc2nc(C3CCNCC3)nn2C)c1. The van der Waals surface area contributed by atoms with E-state index in [9.17, 15) is 9.59 Å². The van der Waals surface area contributed by atoms with Crippen molar-refractivity contribution in [2.45, 2.75) is 18.8 Å². The van der Waals surface area contributed by atoms with Crippen molar-refractivity contribution in [1.29, 1.82) is 0 Å². The van der Waals surface area contributed by atoms with Crippen molar-refractivity contribution >= 4 is 17.8 Å². The molecular weight excluding hydrogens is 322 g/mol. The second-order valence-corrected chi connectivity index (χ2v) is 5.97. The van der Waals surface area contributed by atoms with E-state index in [1.807, 2.05) is 0 Å². The lowest BCUT2D eigenvalue weighted by Gasteiger charge is -2.19. The number of rotatable bonds is 4. The van der Waals surface area contributed by atoms with Crippen LogP contribution in [0.25, 0.3) is 0 Å². The molecule has 0 unspecified atom stereocenters. The minimum atomic E-state index is -0.485. The van der Waals surface area contributed by atoms with Gasteiger partial charge < -0.3 is 10.1 Å². The number of aryl methyl sites for hydroxylation is 1. The van der Waals surface area contributed by atoms with Gasteiger partial charge >= 0.3 is 5.97 Å². The van der Waals surface area contributed by atoms with E-state index in [2.05, 4.69) is 25.5 Å². The fourth-order valence-corrected chi connectivity index (χ4v) is 2.85. The smallest absolute Gasteiger partial charge is 0.337 e. The Labute approximate surface area is 145 Å². The lowest BCUT2D eigenvalue weighted by Crippen LogP contribution is -2.27. The standard InChI is InChI=1S/C17H21N5O3/c1-22-17(19-14(21-22)11-6-8-18-9-7-11)20-15(23)12-4-3-5-13(10-12)16(24)25-2/h3-5,10-11,18H,6-9H2,1-2H3,(H,19,20,21,23). The summed E-state index contributed by atoms with van der Waals surface area (Å²) in [4.78, 5) is 28.5. The largest absolute Gasteiger partial charge is 0.465 e. The summed E-state index contributed by atoms with van der Waals surface area (Å²) in [5.74, 6) is 0.616. The van der Waals surface area contributed by atoms with Gasteiger partial charge in [-0.05, 0) is 44.1 Å². The first-order valence-corrected chi connectivity index (χ1v) is 8.20. The third-order valence-corrected chi connectivity index (χ3v) is 4.25. The zero-order chi connectivity index (χ0) is 17.8. The molecule has 0 spiro atoms. The third-order valence-electron chi connectivity index (χ3n) is 4.25. The lowest BCUT2D eigenvalue weighted by molar-refractivity contribution is 0.0600. The van der Waals surface area contributed by atoms with Crippen LogP contribution < -0.4 is 10.6 Å². The number of hydrogen-bond donors (Lipinski definition) is 2. The van der Waals surface area contributed by atoms with Crippen molar-refractivity contribution < 1.29 is 14.3 Å². The quantitative estimate of drug-likeness (QED) is 0.813. The Morgan fingerprint density at radius 2 is 2.00 bits per heavy atom. The molecular formula is C17H21N5O3. The summed E-state index contributed by atoms with van der Waals surface area (Å²) in [7, 11) is 3.05. The van der Waals surface area contributed by atoms with Crippen molar-refractivity contribution in [1.82, 2.24) is 20.1 Å². The summed E-state index contributed by atoms with van der Waals surface area (Å²) in [6, 6.07) is 6.36. The first-order valence-electron chi connectivity index (χ1n) is 8.20. The summed E-state index contributed by atoms with van der Waals surface area (Å²) in [5, 5.41) is 10.5. The van der Waals surface area contributed by atoms with E-state index in [1.165, 1.54) is 13.2 Å². The summed E-state index contributed by atoms with van der Waals surface area (Å²) in [6.07, 6.45) is 1.97. The van der Waals surface area contributed by atoms with Gasteiger partial charge in [0, 0.05) is 18.5 Å². The molecule has 1 amide bonds. The van der Waals surface area contributed by atoms with Crippen LogP contribution in [0.5, 0.6) is 0 Å². The van der Waals surface area contributed by atoms with Crippen molar-refractivity contribution in [2.75, 3.05) is 25.5 Å². The van der Waals surface area contributed by atoms with E-state index in [0.717, 1.165) is 31.8 Å². The maximum atomic E-state index is 12.5. The third kappa shape index (κ3) is 3.85. The number of piperidine rings is 1. The average molecular weight is 343 g/mol. The van der Waals surface area contributed by atoms with Crippen LogP contribution in [0, 0.1) is 0 Å². The molecule has 0 saturated carbocycles. The number of esters is 1. The van der Waals surface area contributed by atoms with Gasteiger partial charge in [-0.3, -0.25) is 10.1 Å². The lowest BCUT2D eigenvalue weighted by atomic mass is 9.98. The van der Waals surface area contributed by atoms with E-state index in [-0.39, 0.29) is 5.91 Å². The summed E-state index contributed by atoms with van der Waals surface area (Å²) >= 11 is 0. The number of benzene rings is 1. The molecule has 132 valence electrons. The Morgan fingerprint density at radius 1 is 1.28 bits per heavy atom. The normalized spacial score (nSPS) is 15.0. The number of carbonyl (C=O) groups is 2. The molecule has 2 heterocycles. The molecule has 1 aromatic carbocycles. The number of hydrogen-bond acceptors (Lipinski definition) is 6. The molecule has 8 heteroatoms. The van der Waals surface area contributed by atoms with Crippen LogP contribution in [-0.4, -0.2) is 46.8 Å². The fraction of sp³-hybridized carbons (Fsp3) is 0.412. The van der Waals surface area contributed by atoms with E-state index >= 15 is 0 Å². The molecule has 0 aliphatic carbocycles. The molecule has 1 saturated heterocycles. The number of amides is 1. The Balaban J connectivity index is 1.75. The fourth-order valence-electron chi connectivity index (χ4n) is 2.85. The van der Waals surface area contributed by atoms with Gasteiger partial charge in [0.1, 0.15) is 0 Å². The van der Waals surface area contributed by atoms with Crippen LogP contribution in [0.2, 0.25) is 0 Å². The number of nitrogens with zero attached hydrogens (tertiary/aromatic N) is 3. The van der Waals surface area contributed by atoms with Gasteiger partial charge in [0.25, 0.3) is 5.91 Å². The van der Waals surface area contributed by atoms with Crippen molar-refractivity contribution in [3.63, 3.8) is 0 Å². The van der Waals surface area contributed by atoms with Gasteiger partial charge in [-0.2, -0.15) is 10.1 Å². The number of aromatic nitrogens is 3. The topological polar surface area (TPSA) is 98.1 Å². The predicted octanol–water partition coefficient (Wildman–Crippen LogP) is 1.32. The molecule has 0 atom stereocenters. The molecule has 1 aliphatic rings. The highest BCUT2D eigenvalue weighted by Crippen LogP contribution is 2.23. The number of methoxy groups -OCH3 is 1. The molecule has 1 aromatic heterocycles. The summed E-state index contributed by atoms with van der Waals surface area (Å²) in [6.45, 7) is 1.90. The van der Waals surface area contributed by atoms with Gasteiger partial charge in [-0.25, -0.2) is 9.48 Å². The summed E-state index contributed by atoms with van der Waals surface area (Å²) in [5.41, 5.74) is 0.679. The minimum Gasteiger partial charge on any atom is -0.465 e. The van der Waals surface area contributed by atoms with Gasteiger partial charge in [0.2, 0.25) is 5.95 Å². The first kappa shape index (κ1) is 17.1. The van der Waals surface area contributed by atoms with Gasteiger partial charge in [0.05, 0.1) is 12.7 Å². The first-order chi connectivity index (χ1) is 12.1. The van der Waals surface area contributed by atoms with Crippen LogP contribution in [0.3, 0.4) is 0 Å². The highest BCUT2D eigenvalue weighted by molar-refractivity contribution is 6.04. The van der Waals surface area contributed by atoms with Crippen LogP contribution in [0.4, 0.5) is 5.95 Å². The molecule has 8 nitrogen and oxygen atoms in total. The Kier molecular flexibility index (Phi) is 5.08. The van der Waals surface area contributed by atoms with Crippen molar-refractivity contribution in [3.8, 4) is 0 Å². The predicted molar refractivity (Wildman–Crippen MR) is 91.6 cm³/mol. The number of nitrogens with one attached hydrogen (secondary N) is 2. The van der Waals surface area contributed by atoms with Crippen LogP contribution in [0.15, 0.2) is 24.3 Å². The van der Waals surface area contributed by atoms with Crippen LogP contribution in [0.1, 0.15) is 45.3 Å². The average Bonchev–Trinajstić information content (AvgIpc) is 3.02. The van der Waals surface area contributed by atoms with E-state index in [4.69, 9.17) is 0 Å². The molecule has 2 aromatic rings. The Hall–Kier alpha value is -2.74. The van der Waals surface area contributed by atoms with Crippen molar-refractivity contribution in [2.24, 2.45) is 7.05 Å². The summed E-state index contributed by atoms with van der Waals surface area (Å²) < 4.78 is 6.25. The molecule has 3 rings (SSSR count). The van der Waals surface area contributed by atoms with Crippen LogP contribution >= 0.6 is 0 Å².